The zero-order valence-corrected chi connectivity index (χ0v) is 11.7. The minimum absolute atomic E-state index is 0.721. The first-order valence-electron chi connectivity index (χ1n) is 6.74. The van der Waals surface area contributed by atoms with Crippen LogP contribution in [0.5, 0.6) is 5.75 Å². The summed E-state index contributed by atoms with van der Waals surface area (Å²) in [6.45, 7) is 3.71. The van der Waals surface area contributed by atoms with Gasteiger partial charge >= 0.3 is 0 Å². The van der Waals surface area contributed by atoms with Crippen molar-refractivity contribution in [1.29, 1.82) is 0 Å². The quantitative estimate of drug-likeness (QED) is 0.825. The van der Waals surface area contributed by atoms with E-state index < -0.39 is 0 Å². The standard InChI is InChI=1S/C16H22N2O/c1-17-9-10-18(2)11-12-19-16-8-7-14-5-3-4-6-15(14)13-16/h3-8,13,17H,9-12H2,1-2H3. The molecule has 0 bridgehead atoms. The number of hydrogen-bond acceptors (Lipinski definition) is 3. The van der Waals surface area contributed by atoms with E-state index in [9.17, 15) is 0 Å². The summed E-state index contributed by atoms with van der Waals surface area (Å²) in [6, 6.07) is 14.6. The maximum absolute atomic E-state index is 5.80. The van der Waals surface area contributed by atoms with E-state index in [-0.39, 0.29) is 0 Å². The molecule has 0 saturated carbocycles. The highest BCUT2D eigenvalue weighted by Crippen LogP contribution is 2.20. The summed E-state index contributed by atoms with van der Waals surface area (Å²) >= 11 is 0. The van der Waals surface area contributed by atoms with Crippen molar-refractivity contribution in [1.82, 2.24) is 10.2 Å². The van der Waals surface area contributed by atoms with Gasteiger partial charge in [0.25, 0.3) is 0 Å². The summed E-state index contributed by atoms with van der Waals surface area (Å²) < 4.78 is 5.80. The SMILES string of the molecule is CNCCN(C)CCOc1ccc2ccccc2c1. The molecule has 0 amide bonds. The molecule has 0 atom stereocenters. The first-order chi connectivity index (χ1) is 9.29. The molecule has 0 aliphatic carbocycles. The second-order valence-corrected chi connectivity index (χ2v) is 4.76. The molecule has 0 fully saturated rings. The Labute approximate surface area is 115 Å². The predicted molar refractivity (Wildman–Crippen MR) is 80.9 cm³/mol. The van der Waals surface area contributed by atoms with Gasteiger partial charge in [-0.15, -0.1) is 0 Å². The third-order valence-electron chi connectivity index (χ3n) is 3.21. The molecule has 3 nitrogen and oxygen atoms in total. The predicted octanol–water partition coefficient (Wildman–Crippen LogP) is 2.37. The molecule has 2 rings (SSSR count). The lowest BCUT2D eigenvalue weighted by atomic mass is 10.1. The normalized spacial score (nSPS) is 11.1. The fourth-order valence-electron chi connectivity index (χ4n) is 1.99. The van der Waals surface area contributed by atoms with Gasteiger partial charge in [0.2, 0.25) is 0 Å². The van der Waals surface area contributed by atoms with Gasteiger partial charge in [0, 0.05) is 19.6 Å². The third-order valence-corrected chi connectivity index (χ3v) is 3.21. The highest BCUT2D eigenvalue weighted by molar-refractivity contribution is 5.83. The number of fused-ring (bicyclic) bond motifs is 1. The fraction of sp³-hybridized carbons (Fsp3) is 0.375. The van der Waals surface area contributed by atoms with Crippen molar-refractivity contribution in [2.75, 3.05) is 40.3 Å². The largest absolute Gasteiger partial charge is 0.492 e. The van der Waals surface area contributed by atoms with Crippen LogP contribution in [0.15, 0.2) is 42.5 Å². The molecular weight excluding hydrogens is 236 g/mol. The number of ether oxygens (including phenoxy) is 1. The smallest absolute Gasteiger partial charge is 0.120 e. The van der Waals surface area contributed by atoms with E-state index in [1.165, 1.54) is 10.8 Å². The van der Waals surface area contributed by atoms with Gasteiger partial charge in [-0.2, -0.15) is 0 Å². The van der Waals surface area contributed by atoms with Crippen LogP contribution in [-0.2, 0) is 0 Å². The van der Waals surface area contributed by atoms with Crippen molar-refractivity contribution >= 4 is 10.8 Å². The molecule has 2 aromatic carbocycles. The molecule has 0 aliphatic heterocycles. The molecule has 0 aromatic heterocycles. The van der Waals surface area contributed by atoms with Crippen LogP contribution < -0.4 is 10.1 Å². The van der Waals surface area contributed by atoms with E-state index in [0.717, 1.165) is 32.0 Å². The summed E-state index contributed by atoms with van der Waals surface area (Å²) in [5.74, 6) is 0.945. The Morgan fingerprint density at radius 2 is 1.84 bits per heavy atom. The number of nitrogens with zero attached hydrogens (tertiary/aromatic N) is 1. The van der Waals surface area contributed by atoms with E-state index >= 15 is 0 Å². The molecular formula is C16H22N2O. The summed E-state index contributed by atoms with van der Waals surface area (Å²) in [5.41, 5.74) is 0. The van der Waals surface area contributed by atoms with Gasteiger partial charge in [-0.3, -0.25) is 0 Å². The van der Waals surface area contributed by atoms with Crippen molar-refractivity contribution in [2.24, 2.45) is 0 Å². The van der Waals surface area contributed by atoms with Gasteiger partial charge in [0.15, 0.2) is 0 Å². The van der Waals surface area contributed by atoms with Gasteiger partial charge < -0.3 is 15.0 Å². The molecule has 3 heteroatoms. The lowest BCUT2D eigenvalue weighted by Crippen LogP contribution is -2.30. The van der Waals surface area contributed by atoms with Crippen LogP contribution >= 0.6 is 0 Å². The zero-order chi connectivity index (χ0) is 13.5. The Bertz CT molecular complexity index is 513. The van der Waals surface area contributed by atoms with Crippen LogP contribution in [0, 0.1) is 0 Å². The molecule has 0 saturated heterocycles. The van der Waals surface area contributed by atoms with Crippen molar-refractivity contribution in [2.45, 2.75) is 0 Å². The van der Waals surface area contributed by atoms with Crippen molar-refractivity contribution in [3.8, 4) is 5.75 Å². The second kappa shape index (κ2) is 7.12. The summed E-state index contributed by atoms with van der Waals surface area (Å²) in [5, 5.41) is 5.62. The monoisotopic (exact) mass is 258 g/mol. The number of likely N-dealkylation sites (N-methyl/N-ethyl adjacent to an activating group) is 2. The molecule has 0 radical (unpaired) electrons. The lowest BCUT2D eigenvalue weighted by molar-refractivity contribution is 0.238. The van der Waals surface area contributed by atoms with Gasteiger partial charge in [0.05, 0.1) is 0 Å². The molecule has 0 unspecified atom stereocenters. The number of hydrogen-bond donors (Lipinski definition) is 1. The van der Waals surface area contributed by atoms with Crippen LogP contribution in [-0.4, -0.2) is 45.2 Å². The van der Waals surface area contributed by atoms with E-state index in [0.29, 0.717) is 0 Å². The third kappa shape index (κ3) is 4.23. The molecule has 2 aromatic rings. The van der Waals surface area contributed by atoms with E-state index in [1.807, 2.05) is 13.1 Å². The molecule has 1 N–H and O–H groups in total. The Morgan fingerprint density at radius 1 is 1.05 bits per heavy atom. The van der Waals surface area contributed by atoms with Crippen LogP contribution in [0.1, 0.15) is 0 Å². The van der Waals surface area contributed by atoms with Crippen molar-refractivity contribution < 1.29 is 4.74 Å². The zero-order valence-electron chi connectivity index (χ0n) is 11.7. The van der Waals surface area contributed by atoms with Gasteiger partial charge in [0.1, 0.15) is 12.4 Å². The van der Waals surface area contributed by atoms with Crippen LogP contribution in [0.3, 0.4) is 0 Å². The van der Waals surface area contributed by atoms with E-state index in [4.69, 9.17) is 4.74 Å². The molecule has 19 heavy (non-hydrogen) atoms. The van der Waals surface area contributed by atoms with Crippen molar-refractivity contribution in [3.05, 3.63) is 42.5 Å². The summed E-state index contributed by atoms with van der Waals surface area (Å²) in [7, 11) is 4.08. The molecule has 0 heterocycles. The average Bonchev–Trinajstić information content (AvgIpc) is 2.45. The summed E-state index contributed by atoms with van der Waals surface area (Å²) in [4.78, 5) is 2.26. The highest BCUT2D eigenvalue weighted by atomic mass is 16.5. The highest BCUT2D eigenvalue weighted by Gasteiger charge is 1.99. The Morgan fingerprint density at radius 3 is 2.63 bits per heavy atom. The van der Waals surface area contributed by atoms with E-state index in [1.54, 1.807) is 0 Å². The summed E-state index contributed by atoms with van der Waals surface area (Å²) in [6.07, 6.45) is 0. The maximum atomic E-state index is 5.80. The molecule has 102 valence electrons. The average molecular weight is 258 g/mol. The topological polar surface area (TPSA) is 24.5 Å². The van der Waals surface area contributed by atoms with E-state index in [2.05, 4.69) is 53.7 Å². The van der Waals surface area contributed by atoms with Crippen LogP contribution in [0.25, 0.3) is 10.8 Å². The Hall–Kier alpha value is -1.58. The minimum atomic E-state index is 0.721. The van der Waals surface area contributed by atoms with Gasteiger partial charge in [-0.1, -0.05) is 30.3 Å². The number of nitrogens with one attached hydrogen (secondary N) is 1. The maximum Gasteiger partial charge on any atom is 0.120 e. The first kappa shape index (κ1) is 13.8. The molecule has 0 spiro atoms. The minimum Gasteiger partial charge on any atom is -0.492 e. The fourth-order valence-corrected chi connectivity index (χ4v) is 1.99. The van der Waals surface area contributed by atoms with Crippen molar-refractivity contribution in [3.63, 3.8) is 0 Å². The van der Waals surface area contributed by atoms with Gasteiger partial charge in [-0.05, 0) is 37.0 Å². The Kier molecular flexibility index (Phi) is 5.19. The molecule has 0 aliphatic rings. The lowest BCUT2D eigenvalue weighted by Gasteiger charge is -2.16. The van der Waals surface area contributed by atoms with Gasteiger partial charge in [-0.25, -0.2) is 0 Å². The van der Waals surface area contributed by atoms with Crippen LogP contribution in [0.4, 0.5) is 0 Å². The number of benzene rings is 2. The second-order valence-electron chi connectivity index (χ2n) is 4.76. The Balaban J connectivity index is 1.84. The first-order valence-corrected chi connectivity index (χ1v) is 6.74. The number of rotatable bonds is 7. The van der Waals surface area contributed by atoms with Crippen LogP contribution in [0.2, 0.25) is 0 Å².